The van der Waals surface area contributed by atoms with Gasteiger partial charge in [-0.05, 0) is 57.4 Å². The summed E-state index contributed by atoms with van der Waals surface area (Å²) in [7, 11) is -4.32. The molecule has 0 aliphatic carbocycles. The molecule has 0 aliphatic rings. The standard InChI is InChI=1S/C40H72NO8P/c1-3-5-7-9-11-12-13-14-15-18-21-25-29-34-46-36-39(37-48-50(44,45)47-35-33-41)49-40(43)32-28-24-20-17-16-19-23-27-31-38(42)30-26-22-10-8-6-4-2/h17,19-20,22-23,26-27,29,31,34,38-39,42H,3-16,18,21,24-25,28,30,32-33,35-37,41H2,1-2H3,(H,44,45). The van der Waals surface area contributed by atoms with E-state index in [9.17, 15) is 19.4 Å². The van der Waals surface area contributed by atoms with Gasteiger partial charge in [-0.15, -0.1) is 0 Å². The fourth-order valence-corrected chi connectivity index (χ4v) is 5.69. The van der Waals surface area contributed by atoms with Gasteiger partial charge in [0.1, 0.15) is 6.61 Å². The first-order valence-corrected chi connectivity index (χ1v) is 20.9. The van der Waals surface area contributed by atoms with Crippen LogP contribution >= 0.6 is 7.82 Å². The zero-order valence-corrected chi connectivity index (χ0v) is 32.4. The monoisotopic (exact) mass is 725 g/mol. The van der Waals surface area contributed by atoms with Crippen LogP contribution < -0.4 is 5.73 Å². The SMILES string of the molecule is CCCCCC=CCC(O)C=CC=CCC=CCCCC(=O)OC(COC=CCCCCCCCCCCCCC)COP(=O)(O)OCCN. The van der Waals surface area contributed by atoms with E-state index in [-0.39, 0.29) is 32.8 Å². The van der Waals surface area contributed by atoms with Crippen LogP contribution in [0.4, 0.5) is 0 Å². The molecular formula is C40H72NO8P. The van der Waals surface area contributed by atoms with Crippen LogP contribution in [0.3, 0.4) is 0 Å². The molecule has 3 unspecified atom stereocenters. The predicted molar refractivity (Wildman–Crippen MR) is 207 cm³/mol. The van der Waals surface area contributed by atoms with Crippen molar-refractivity contribution < 1.29 is 37.9 Å². The summed E-state index contributed by atoms with van der Waals surface area (Å²) in [5.41, 5.74) is 5.34. The number of unbranched alkanes of at least 4 members (excludes halogenated alkanes) is 15. The van der Waals surface area contributed by atoms with Crippen LogP contribution in [-0.4, -0.2) is 54.5 Å². The highest BCUT2D eigenvalue weighted by Gasteiger charge is 2.25. The molecule has 50 heavy (non-hydrogen) atoms. The maximum absolute atomic E-state index is 12.5. The molecule has 0 bridgehead atoms. The van der Waals surface area contributed by atoms with Gasteiger partial charge in [-0.2, -0.15) is 0 Å². The zero-order valence-electron chi connectivity index (χ0n) is 31.5. The third-order valence-corrected chi connectivity index (χ3v) is 8.82. The lowest BCUT2D eigenvalue weighted by molar-refractivity contribution is -0.153. The van der Waals surface area contributed by atoms with E-state index >= 15 is 0 Å². The van der Waals surface area contributed by atoms with Gasteiger partial charge in [-0.1, -0.05) is 140 Å². The predicted octanol–water partition coefficient (Wildman–Crippen LogP) is 10.3. The Hall–Kier alpha value is -2.00. The van der Waals surface area contributed by atoms with Crippen molar-refractivity contribution in [2.45, 2.75) is 161 Å². The quantitative estimate of drug-likeness (QED) is 0.0144. The van der Waals surface area contributed by atoms with E-state index in [1.165, 1.54) is 83.5 Å². The van der Waals surface area contributed by atoms with E-state index < -0.39 is 26.0 Å². The number of carbonyl (C=O) groups is 1. The zero-order chi connectivity index (χ0) is 36.8. The average Bonchev–Trinajstić information content (AvgIpc) is 3.10. The van der Waals surface area contributed by atoms with Crippen LogP contribution in [0.25, 0.3) is 0 Å². The summed E-state index contributed by atoms with van der Waals surface area (Å²) in [4.78, 5) is 22.3. The molecule has 0 rings (SSSR count). The first-order chi connectivity index (χ1) is 24.3. The van der Waals surface area contributed by atoms with E-state index in [1.807, 2.05) is 42.5 Å². The lowest BCUT2D eigenvalue weighted by Gasteiger charge is -2.19. The Kier molecular flexibility index (Phi) is 35.3. The molecule has 0 aliphatic heterocycles. The Labute approximate surface area is 305 Å². The van der Waals surface area contributed by atoms with Crippen molar-refractivity contribution >= 4 is 13.8 Å². The van der Waals surface area contributed by atoms with Crippen LogP contribution in [0.15, 0.2) is 60.9 Å². The molecule has 0 saturated heterocycles. The summed E-state index contributed by atoms with van der Waals surface area (Å²) in [6.07, 6.45) is 40.7. The number of nitrogens with two attached hydrogens (primary N) is 1. The summed E-state index contributed by atoms with van der Waals surface area (Å²) < 4.78 is 33.0. The molecule has 0 spiro atoms. The third-order valence-electron chi connectivity index (χ3n) is 7.83. The Morgan fingerprint density at radius 1 is 0.720 bits per heavy atom. The van der Waals surface area contributed by atoms with Gasteiger partial charge in [-0.3, -0.25) is 13.8 Å². The number of esters is 1. The fraction of sp³-hybridized carbons (Fsp3) is 0.725. The van der Waals surface area contributed by atoms with Crippen LogP contribution in [0.5, 0.6) is 0 Å². The molecule has 0 aromatic rings. The number of aliphatic hydroxyl groups is 1. The first-order valence-electron chi connectivity index (χ1n) is 19.4. The highest BCUT2D eigenvalue weighted by Crippen LogP contribution is 2.43. The molecular weight excluding hydrogens is 653 g/mol. The van der Waals surface area contributed by atoms with Gasteiger partial charge in [0.25, 0.3) is 0 Å². The van der Waals surface area contributed by atoms with Gasteiger partial charge in [0, 0.05) is 13.0 Å². The minimum absolute atomic E-state index is 0.00908. The highest BCUT2D eigenvalue weighted by molar-refractivity contribution is 7.47. The molecule has 4 N–H and O–H groups in total. The number of phosphoric ester groups is 1. The largest absolute Gasteiger partial charge is 0.498 e. The molecule has 0 aromatic heterocycles. The summed E-state index contributed by atoms with van der Waals surface area (Å²) in [6, 6.07) is 0. The summed E-state index contributed by atoms with van der Waals surface area (Å²) in [5.74, 6) is -0.435. The summed E-state index contributed by atoms with van der Waals surface area (Å²) in [5, 5.41) is 10.0. The van der Waals surface area contributed by atoms with Gasteiger partial charge in [-0.25, -0.2) is 4.57 Å². The molecule has 10 heteroatoms. The number of hydrogen-bond donors (Lipinski definition) is 3. The normalized spacial score (nSPS) is 14.8. The maximum atomic E-state index is 12.5. The van der Waals surface area contributed by atoms with Crippen LogP contribution in [-0.2, 0) is 27.9 Å². The molecule has 290 valence electrons. The van der Waals surface area contributed by atoms with Crippen LogP contribution in [0, 0.1) is 0 Å². The van der Waals surface area contributed by atoms with Crippen LogP contribution in [0.2, 0.25) is 0 Å². The van der Waals surface area contributed by atoms with Crippen molar-refractivity contribution in [3.8, 4) is 0 Å². The lowest BCUT2D eigenvalue weighted by Crippen LogP contribution is -2.27. The molecule has 3 atom stereocenters. The second-order valence-electron chi connectivity index (χ2n) is 12.7. The van der Waals surface area contributed by atoms with E-state index in [0.29, 0.717) is 19.3 Å². The van der Waals surface area contributed by atoms with Gasteiger partial charge in [0.2, 0.25) is 0 Å². The van der Waals surface area contributed by atoms with Crippen molar-refractivity contribution in [1.82, 2.24) is 0 Å². The molecule has 0 saturated carbocycles. The molecule has 0 aromatic carbocycles. The van der Waals surface area contributed by atoms with Crippen molar-refractivity contribution in [3.05, 3.63) is 60.9 Å². The summed E-state index contributed by atoms with van der Waals surface area (Å²) in [6.45, 7) is 4.03. The smallest absolute Gasteiger partial charge is 0.472 e. The number of phosphoric acid groups is 1. The lowest BCUT2D eigenvalue weighted by atomic mass is 10.1. The van der Waals surface area contributed by atoms with Gasteiger partial charge in [0.05, 0.1) is 25.6 Å². The van der Waals surface area contributed by atoms with E-state index in [0.717, 1.165) is 25.7 Å². The van der Waals surface area contributed by atoms with Crippen molar-refractivity contribution in [2.24, 2.45) is 5.73 Å². The van der Waals surface area contributed by atoms with E-state index in [4.69, 9.17) is 24.3 Å². The van der Waals surface area contributed by atoms with Crippen LogP contribution in [0.1, 0.15) is 149 Å². The van der Waals surface area contributed by atoms with Crippen molar-refractivity contribution in [3.63, 3.8) is 0 Å². The third kappa shape index (κ3) is 35.8. The fourth-order valence-electron chi connectivity index (χ4n) is 4.92. The minimum Gasteiger partial charge on any atom is -0.498 e. The Balaban J connectivity index is 4.34. The van der Waals surface area contributed by atoms with Gasteiger partial charge < -0.3 is 25.2 Å². The number of aliphatic hydroxyl groups excluding tert-OH is 1. The van der Waals surface area contributed by atoms with Gasteiger partial charge in [0.15, 0.2) is 6.10 Å². The number of allylic oxidation sites excluding steroid dienone is 7. The number of rotatable bonds is 36. The Morgan fingerprint density at radius 3 is 2.02 bits per heavy atom. The number of hydrogen-bond acceptors (Lipinski definition) is 8. The molecule has 0 heterocycles. The minimum atomic E-state index is -4.32. The average molecular weight is 726 g/mol. The maximum Gasteiger partial charge on any atom is 0.472 e. The van der Waals surface area contributed by atoms with Crippen molar-refractivity contribution in [1.29, 1.82) is 0 Å². The summed E-state index contributed by atoms with van der Waals surface area (Å²) >= 11 is 0. The number of ether oxygens (including phenoxy) is 2. The second-order valence-corrected chi connectivity index (χ2v) is 14.2. The molecule has 0 fully saturated rings. The molecule has 9 nitrogen and oxygen atoms in total. The topological polar surface area (TPSA) is 138 Å². The Morgan fingerprint density at radius 2 is 1.32 bits per heavy atom. The molecule has 0 radical (unpaired) electrons. The number of carbonyl (C=O) groups excluding carboxylic acids is 1. The highest BCUT2D eigenvalue weighted by atomic mass is 31.2. The Bertz CT molecular complexity index is 965. The van der Waals surface area contributed by atoms with E-state index in [2.05, 4.69) is 19.9 Å². The van der Waals surface area contributed by atoms with E-state index in [1.54, 1.807) is 12.3 Å². The first kappa shape index (κ1) is 48.0. The van der Waals surface area contributed by atoms with Crippen molar-refractivity contribution in [2.75, 3.05) is 26.4 Å². The van der Waals surface area contributed by atoms with Gasteiger partial charge >= 0.3 is 13.8 Å². The molecule has 0 amide bonds. The second kappa shape index (κ2) is 36.8.